The molecule has 0 amide bonds. The van der Waals surface area contributed by atoms with Gasteiger partial charge in [0.05, 0.1) is 16.3 Å². The monoisotopic (exact) mass is 228 g/mol. The number of rotatable bonds is 4. The van der Waals surface area contributed by atoms with Crippen LogP contribution in [0.5, 0.6) is 0 Å². The standard InChI is InChI=1S/C11H20N2OS/c1-7(12-6-11(4,5)14)10-8(2)15-9(3)13-10/h7,12,14H,6H2,1-5H3. The number of thiazole rings is 1. The number of aryl methyl sites for hydroxylation is 2. The van der Waals surface area contributed by atoms with Gasteiger partial charge in [0, 0.05) is 17.5 Å². The maximum Gasteiger partial charge on any atom is 0.0900 e. The zero-order chi connectivity index (χ0) is 11.6. The molecule has 86 valence electrons. The summed E-state index contributed by atoms with van der Waals surface area (Å²) in [5, 5.41) is 14.0. The predicted octanol–water partition coefficient (Wildman–Crippen LogP) is 2.18. The van der Waals surface area contributed by atoms with Crippen LogP contribution in [-0.2, 0) is 0 Å². The summed E-state index contributed by atoms with van der Waals surface area (Å²) in [6.45, 7) is 10.3. The van der Waals surface area contributed by atoms with Crippen molar-refractivity contribution in [3.8, 4) is 0 Å². The van der Waals surface area contributed by atoms with Crippen molar-refractivity contribution in [2.45, 2.75) is 46.3 Å². The van der Waals surface area contributed by atoms with E-state index in [1.165, 1.54) is 4.88 Å². The molecule has 3 nitrogen and oxygen atoms in total. The van der Waals surface area contributed by atoms with Gasteiger partial charge in [-0.3, -0.25) is 0 Å². The highest BCUT2D eigenvalue weighted by atomic mass is 32.1. The van der Waals surface area contributed by atoms with Crippen LogP contribution in [0.15, 0.2) is 0 Å². The molecule has 0 saturated carbocycles. The van der Waals surface area contributed by atoms with E-state index < -0.39 is 5.60 Å². The molecule has 4 heteroatoms. The molecule has 1 heterocycles. The lowest BCUT2D eigenvalue weighted by Crippen LogP contribution is -2.36. The van der Waals surface area contributed by atoms with Crippen LogP contribution in [0.25, 0.3) is 0 Å². The summed E-state index contributed by atoms with van der Waals surface area (Å²) in [4.78, 5) is 5.74. The van der Waals surface area contributed by atoms with E-state index in [0.717, 1.165) is 10.7 Å². The predicted molar refractivity (Wildman–Crippen MR) is 64.3 cm³/mol. The first-order valence-electron chi connectivity index (χ1n) is 5.19. The first kappa shape index (κ1) is 12.6. The van der Waals surface area contributed by atoms with Gasteiger partial charge in [-0.25, -0.2) is 4.98 Å². The van der Waals surface area contributed by atoms with Crippen LogP contribution >= 0.6 is 11.3 Å². The van der Waals surface area contributed by atoms with Crippen molar-refractivity contribution in [2.75, 3.05) is 6.54 Å². The van der Waals surface area contributed by atoms with Gasteiger partial charge in [0.15, 0.2) is 0 Å². The van der Waals surface area contributed by atoms with Crippen molar-refractivity contribution in [3.05, 3.63) is 15.6 Å². The smallest absolute Gasteiger partial charge is 0.0900 e. The average Bonchev–Trinajstić information content (AvgIpc) is 2.40. The van der Waals surface area contributed by atoms with Crippen LogP contribution in [0.4, 0.5) is 0 Å². The number of nitrogens with one attached hydrogen (secondary N) is 1. The summed E-state index contributed by atoms with van der Waals surface area (Å²) in [6.07, 6.45) is 0. The molecule has 0 radical (unpaired) electrons. The number of nitrogens with zero attached hydrogens (tertiary/aromatic N) is 1. The molecule has 0 aromatic carbocycles. The molecule has 0 bridgehead atoms. The second-order valence-corrected chi connectivity index (χ2v) is 6.00. The Labute approximate surface area is 95.6 Å². The Morgan fingerprint density at radius 2 is 2.07 bits per heavy atom. The topological polar surface area (TPSA) is 45.2 Å². The van der Waals surface area contributed by atoms with E-state index in [1.54, 1.807) is 25.2 Å². The average molecular weight is 228 g/mol. The summed E-state index contributed by atoms with van der Waals surface area (Å²) in [7, 11) is 0. The summed E-state index contributed by atoms with van der Waals surface area (Å²) >= 11 is 1.72. The summed E-state index contributed by atoms with van der Waals surface area (Å²) in [5.41, 5.74) is 0.425. The fourth-order valence-electron chi connectivity index (χ4n) is 1.45. The van der Waals surface area contributed by atoms with Gasteiger partial charge in [0.1, 0.15) is 0 Å². The first-order chi connectivity index (χ1) is 6.79. The van der Waals surface area contributed by atoms with Gasteiger partial charge in [-0.05, 0) is 34.6 Å². The minimum atomic E-state index is -0.673. The molecule has 0 aliphatic rings. The first-order valence-corrected chi connectivity index (χ1v) is 6.01. The maximum atomic E-state index is 9.61. The van der Waals surface area contributed by atoms with Crippen LogP contribution in [0.1, 0.15) is 42.4 Å². The van der Waals surface area contributed by atoms with Crippen molar-refractivity contribution in [3.63, 3.8) is 0 Å². The third-order valence-corrected chi connectivity index (χ3v) is 3.09. The molecule has 2 N–H and O–H groups in total. The lowest BCUT2D eigenvalue weighted by molar-refractivity contribution is 0.0769. The van der Waals surface area contributed by atoms with E-state index in [9.17, 15) is 5.11 Å². The lowest BCUT2D eigenvalue weighted by atomic mass is 10.1. The minimum absolute atomic E-state index is 0.196. The van der Waals surface area contributed by atoms with Gasteiger partial charge in [-0.15, -0.1) is 11.3 Å². The van der Waals surface area contributed by atoms with Crippen LogP contribution in [0.3, 0.4) is 0 Å². The Hall–Kier alpha value is -0.450. The van der Waals surface area contributed by atoms with E-state index in [2.05, 4.69) is 24.1 Å². The van der Waals surface area contributed by atoms with Crippen molar-refractivity contribution >= 4 is 11.3 Å². The Morgan fingerprint density at radius 3 is 2.47 bits per heavy atom. The molecule has 1 rings (SSSR count). The molecule has 0 aliphatic carbocycles. The quantitative estimate of drug-likeness (QED) is 0.830. The Balaban J connectivity index is 2.61. The van der Waals surface area contributed by atoms with Crippen molar-refractivity contribution in [1.82, 2.24) is 10.3 Å². The maximum absolute atomic E-state index is 9.61. The van der Waals surface area contributed by atoms with E-state index in [4.69, 9.17) is 0 Å². The zero-order valence-corrected chi connectivity index (χ0v) is 10.9. The molecular formula is C11H20N2OS. The minimum Gasteiger partial charge on any atom is -0.389 e. The molecule has 0 spiro atoms. The number of aromatic nitrogens is 1. The SMILES string of the molecule is Cc1nc(C(C)NCC(C)(C)O)c(C)s1. The number of aliphatic hydroxyl groups is 1. The van der Waals surface area contributed by atoms with Crippen molar-refractivity contribution in [2.24, 2.45) is 0 Å². The second-order valence-electron chi connectivity index (χ2n) is 4.59. The molecule has 0 aliphatic heterocycles. The molecular weight excluding hydrogens is 208 g/mol. The van der Waals surface area contributed by atoms with Crippen molar-refractivity contribution < 1.29 is 5.11 Å². The molecule has 1 aromatic rings. The van der Waals surface area contributed by atoms with E-state index in [0.29, 0.717) is 6.54 Å². The van der Waals surface area contributed by atoms with Crippen LogP contribution in [0, 0.1) is 13.8 Å². The second kappa shape index (κ2) is 4.60. The molecule has 1 aromatic heterocycles. The molecule has 0 saturated heterocycles. The van der Waals surface area contributed by atoms with Crippen LogP contribution < -0.4 is 5.32 Å². The van der Waals surface area contributed by atoms with Gasteiger partial charge in [-0.2, -0.15) is 0 Å². The van der Waals surface area contributed by atoms with Crippen molar-refractivity contribution in [1.29, 1.82) is 0 Å². The zero-order valence-electron chi connectivity index (χ0n) is 10.1. The molecule has 15 heavy (non-hydrogen) atoms. The van der Waals surface area contributed by atoms with Gasteiger partial charge in [-0.1, -0.05) is 0 Å². The Morgan fingerprint density at radius 1 is 1.47 bits per heavy atom. The van der Waals surface area contributed by atoms with Gasteiger partial charge in [0.25, 0.3) is 0 Å². The fraction of sp³-hybridized carbons (Fsp3) is 0.727. The summed E-state index contributed by atoms with van der Waals surface area (Å²) in [5.74, 6) is 0. The summed E-state index contributed by atoms with van der Waals surface area (Å²) < 4.78 is 0. The Kier molecular flexibility index (Phi) is 3.87. The largest absolute Gasteiger partial charge is 0.389 e. The third kappa shape index (κ3) is 3.89. The Bertz CT molecular complexity index is 328. The van der Waals surface area contributed by atoms with E-state index in [1.807, 2.05) is 6.92 Å². The van der Waals surface area contributed by atoms with Crippen LogP contribution in [-0.4, -0.2) is 22.2 Å². The fourth-order valence-corrected chi connectivity index (χ4v) is 2.36. The molecule has 1 atom stereocenters. The highest BCUT2D eigenvalue weighted by molar-refractivity contribution is 7.11. The van der Waals surface area contributed by atoms with Gasteiger partial charge < -0.3 is 10.4 Å². The molecule has 1 unspecified atom stereocenters. The highest BCUT2D eigenvalue weighted by Crippen LogP contribution is 2.22. The lowest BCUT2D eigenvalue weighted by Gasteiger charge is -2.21. The normalized spacial score (nSPS) is 14.3. The number of hydrogen-bond donors (Lipinski definition) is 2. The highest BCUT2D eigenvalue weighted by Gasteiger charge is 2.17. The molecule has 0 fully saturated rings. The van der Waals surface area contributed by atoms with Gasteiger partial charge in [0.2, 0.25) is 0 Å². The summed E-state index contributed by atoms with van der Waals surface area (Å²) in [6, 6.07) is 0.196. The van der Waals surface area contributed by atoms with E-state index >= 15 is 0 Å². The number of hydrogen-bond acceptors (Lipinski definition) is 4. The van der Waals surface area contributed by atoms with Gasteiger partial charge >= 0.3 is 0 Å². The third-order valence-electron chi connectivity index (χ3n) is 2.19. The van der Waals surface area contributed by atoms with Crippen LogP contribution in [0.2, 0.25) is 0 Å². The van der Waals surface area contributed by atoms with E-state index in [-0.39, 0.29) is 6.04 Å².